The molecule has 0 spiro atoms. The van der Waals surface area contributed by atoms with Crippen molar-refractivity contribution in [3.05, 3.63) is 22.2 Å². The predicted molar refractivity (Wildman–Crippen MR) is 145 cm³/mol. The highest BCUT2D eigenvalue weighted by molar-refractivity contribution is 7.47. The number of rotatable bonds is 22. The second-order valence-corrected chi connectivity index (χ2v) is 10.7. The van der Waals surface area contributed by atoms with Crippen LogP contribution in [0.4, 0.5) is 11.4 Å². The van der Waals surface area contributed by atoms with Crippen molar-refractivity contribution in [2.45, 2.75) is 70.5 Å². The van der Waals surface area contributed by atoms with Crippen LogP contribution < -0.4 is 5.32 Å². The van der Waals surface area contributed by atoms with Gasteiger partial charge in [-0.25, -0.2) is 9.19 Å². The zero-order chi connectivity index (χ0) is 31.0. The van der Waals surface area contributed by atoms with E-state index in [0.29, 0.717) is 37.9 Å². The molecule has 2 rings (SSSR count). The number of carbonyl (C=O) groups excluding carboxylic acids is 2. The lowest BCUT2D eigenvalue weighted by molar-refractivity contribution is -0.383. The normalized spacial score (nSPS) is 14.2. The molecular formula is C24H37N4O13P. The van der Waals surface area contributed by atoms with Gasteiger partial charge < -0.3 is 29.9 Å². The molecule has 0 bridgehead atoms. The summed E-state index contributed by atoms with van der Waals surface area (Å²) in [6.45, 7) is 0.0683. The fourth-order valence-corrected chi connectivity index (χ4v) is 4.31. The van der Waals surface area contributed by atoms with E-state index in [-0.39, 0.29) is 29.6 Å². The van der Waals surface area contributed by atoms with E-state index in [1.165, 1.54) is 12.1 Å². The maximum Gasteiger partial charge on any atom is 0.472 e. The van der Waals surface area contributed by atoms with Crippen molar-refractivity contribution in [1.82, 2.24) is 10.3 Å². The molecule has 0 amide bonds. The van der Waals surface area contributed by atoms with Crippen molar-refractivity contribution in [3.8, 4) is 0 Å². The average molecular weight is 621 g/mol. The van der Waals surface area contributed by atoms with Crippen molar-refractivity contribution in [1.29, 1.82) is 0 Å². The molecule has 4 N–H and O–H groups in total. The highest BCUT2D eigenvalue weighted by Crippen LogP contribution is 2.43. The van der Waals surface area contributed by atoms with Gasteiger partial charge in [0.15, 0.2) is 11.6 Å². The Morgan fingerprint density at radius 1 is 1.05 bits per heavy atom. The summed E-state index contributed by atoms with van der Waals surface area (Å²) < 4.78 is 36.5. The van der Waals surface area contributed by atoms with Crippen molar-refractivity contribution in [3.63, 3.8) is 0 Å². The third-order valence-electron chi connectivity index (χ3n) is 5.74. The minimum atomic E-state index is -4.66. The number of aliphatic hydroxyl groups is 2. The molecule has 1 aromatic carbocycles. The van der Waals surface area contributed by atoms with Gasteiger partial charge in [0.1, 0.15) is 12.7 Å². The van der Waals surface area contributed by atoms with E-state index in [9.17, 15) is 34.3 Å². The Hall–Kier alpha value is -3.21. The number of benzene rings is 1. The summed E-state index contributed by atoms with van der Waals surface area (Å²) in [5.41, 5.74) is 0.554. The van der Waals surface area contributed by atoms with Gasteiger partial charge in [0.2, 0.25) is 5.52 Å². The minimum Gasteiger partial charge on any atom is -0.462 e. The largest absolute Gasteiger partial charge is 0.472 e. The number of hydrogen-bond acceptors (Lipinski definition) is 15. The first-order valence-electron chi connectivity index (χ1n) is 13.5. The number of non-ortho nitro benzene ring substituents is 1. The zero-order valence-electron chi connectivity index (χ0n) is 23.2. The van der Waals surface area contributed by atoms with Gasteiger partial charge in [0.05, 0.1) is 30.4 Å². The topological polar surface area (TPSA) is 243 Å². The number of aliphatic hydroxyl groups excluding tert-OH is 2. The Morgan fingerprint density at radius 2 is 1.74 bits per heavy atom. The van der Waals surface area contributed by atoms with Gasteiger partial charge in [0, 0.05) is 25.5 Å². The van der Waals surface area contributed by atoms with Crippen molar-refractivity contribution >= 4 is 42.2 Å². The monoisotopic (exact) mass is 620 g/mol. The van der Waals surface area contributed by atoms with Crippen molar-refractivity contribution in [2.24, 2.45) is 0 Å². The lowest BCUT2D eigenvalue weighted by atomic mass is 10.2. The fourth-order valence-electron chi connectivity index (χ4n) is 3.52. The molecule has 0 aliphatic carbocycles. The van der Waals surface area contributed by atoms with Gasteiger partial charge in [-0.15, -0.1) is 0 Å². The van der Waals surface area contributed by atoms with E-state index < -0.39 is 63.3 Å². The van der Waals surface area contributed by atoms with E-state index in [2.05, 4.69) is 24.8 Å². The SMILES string of the molecule is CCCCCC(=O)OC[C@H](COP(=O)(O)OCC(O)CO)OC(=O)CCCCCNc1ccc([N+](=O)[O-])c2nonc12. The zero-order valence-corrected chi connectivity index (χ0v) is 24.1. The molecule has 0 fully saturated rings. The van der Waals surface area contributed by atoms with Gasteiger partial charge in [-0.05, 0) is 35.6 Å². The van der Waals surface area contributed by atoms with E-state index in [0.717, 1.165) is 12.8 Å². The third kappa shape index (κ3) is 12.8. The Labute approximate surface area is 241 Å². The number of aromatic nitrogens is 2. The molecule has 0 saturated heterocycles. The second-order valence-electron chi connectivity index (χ2n) is 9.24. The number of nitrogens with zero attached hydrogens (tertiary/aromatic N) is 3. The first kappa shape index (κ1) is 35.0. The smallest absolute Gasteiger partial charge is 0.462 e. The summed E-state index contributed by atoms with van der Waals surface area (Å²) in [5.74, 6) is -1.16. The Kier molecular flexibility index (Phi) is 15.3. The highest BCUT2D eigenvalue weighted by Gasteiger charge is 2.27. The molecule has 18 heteroatoms. The number of carbonyl (C=O) groups is 2. The number of hydrogen-bond donors (Lipinski definition) is 4. The Morgan fingerprint density at radius 3 is 2.45 bits per heavy atom. The average Bonchev–Trinajstić information content (AvgIpc) is 3.45. The number of fused-ring (bicyclic) bond motifs is 1. The van der Waals surface area contributed by atoms with Gasteiger partial charge in [-0.3, -0.25) is 28.8 Å². The number of unbranched alkanes of at least 4 members (excludes halogenated alkanes) is 4. The predicted octanol–water partition coefficient (Wildman–Crippen LogP) is 2.63. The van der Waals surface area contributed by atoms with E-state index in [1.54, 1.807) is 0 Å². The summed E-state index contributed by atoms with van der Waals surface area (Å²) in [4.78, 5) is 44.7. The molecule has 0 aliphatic heterocycles. The van der Waals surface area contributed by atoms with E-state index in [1.807, 2.05) is 6.92 Å². The number of nitrogens with one attached hydrogen (secondary N) is 1. The molecule has 2 aromatic rings. The number of anilines is 1. The lowest BCUT2D eigenvalue weighted by Gasteiger charge is -2.20. The van der Waals surface area contributed by atoms with Crippen LogP contribution >= 0.6 is 7.82 Å². The van der Waals surface area contributed by atoms with Crippen LogP contribution in [-0.4, -0.2) is 87.5 Å². The molecule has 1 heterocycles. The van der Waals surface area contributed by atoms with Gasteiger partial charge >= 0.3 is 25.4 Å². The number of ether oxygens (including phenoxy) is 2. The summed E-state index contributed by atoms with van der Waals surface area (Å²) in [5, 5.41) is 39.6. The first-order valence-corrected chi connectivity index (χ1v) is 14.9. The maximum absolute atomic E-state index is 12.4. The third-order valence-corrected chi connectivity index (χ3v) is 6.69. The van der Waals surface area contributed by atoms with Crippen LogP contribution in [0.25, 0.3) is 11.0 Å². The molecule has 0 saturated carbocycles. The van der Waals surface area contributed by atoms with Crippen LogP contribution in [0.5, 0.6) is 0 Å². The first-order chi connectivity index (χ1) is 20.1. The molecular weight excluding hydrogens is 583 g/mol. The molecule has 0 radical (unpaired) electrons. The maximum atomic E-state index is 12.4. The van der Waals surface area contributed by atoms with E-state index >= 15 is 0 Å². The summed E-state index contributed by atoms with van der Waals surface area (Å²) in [6, 6.07) is 2.81. The van der Waals surface area contributed by atoms with Crippen molar-refractivity contribution in [2.75, 3.05) is 38.3 Å². The number of phosphoric acid groups is 1. The van der Waals surface area contributed by atoms with Crippen LogP contribution in [0, 0.1) is 10.1 Å². The van der Waals surface area contributed by atoms with Gasteiger partial charge in [0.25, 0.3) is 0 Å². The summed E-state index contributed by atoms with van der Waals surface area (Å²) >= 11 is 0. The minimum absolute atomic E-state index is 0.00586. The van der Waals surface area contributed by atoms with Crippen LogP contribution in [-0.2, 0) is 32.7 Å². The molecule has 42 heavy (non-hydrogen) atoms. The quantitative estimate of drug-likeness (QED) is 0.0486. The Bertz CT molecular complexity index is 1190. The molecule has 3 atom stereocenters. The number of phosphoric ester groups is 1. The van der Waals surface area contributed by atoms with Crippen LogP contribution in [0.15, 0.2) is 16.8 Å². The summed E-state index contributed by atoms with van der Waals surface area (Å²) in [6.07, 6.45) is 1.64. The molecule has 1 aromatic heterocycles. The molecule has 2 unspecified atom stereocenters. The number of nitro groups is 1. The second kappa shape index (κ2) is 18.4. The lowest BCUT2D eigenvalue weighted by Crippen LogP contribution is -2.29. The Balaban J connectivity index is 1.79. The molecule has 17 nitrogen and oxygen atoms in total. The number of nitro benzene ring substituents is 1. The molecule has 0 aliphatic rings. The fraction of sp³-hybridized carbons (Fsp3) is 0.667. The molecule has 236 valence electrons. The van der Waals surface area contributed by atoms with Crippen LogP contribution in [0.3, 0.4) is 0 Å². The van der Waals surface area contributed by atoms with Crippen molar-refractivity contribution < 1.29 is 57.3 Å². The van der Waals surface area contributed by atoms with E-state index in [4.69, 9.17) is 19.1 Å². The standard InChI is InChI=1S/C24H37N4O13P/c1-2-3-5-8-21(31)37-15-18(16-39-42(35,36)38-14-17(30)13-29)40-22(32)9-6-4-7-12-25-19-10-11-20(28(33)34)24-23(19)26-41-27-24/h10-11,17-18,25,29-30H,2-9,12-16H2,1H3,(H,35,36)/t17?,18-/m1/s1. The van der Waals surface area contributed by atoms with Crippen LogP contribution in [0.1, 0.15) is 58.3 Å². The highest BCUT2D eigenvalue weighted by atomic mass is 31.2. The van der Waals surface area contributed by atoms with Gasteiger partial charge in [-0.2, -0.15) is 0 Å². The van der Waals surface area contributed by atoms with Gasteiger partial charge in [-0.1, -0.05) is 26.2 Å². The van der Waals surface area contributed by atoms with Crippen LogP contribution in [0.2, 0.25) is 0 Å². The number of esters is 2. The summed E-state index contributed by atoms with van der Waals surface area (Å²) in [7, 11) is -4.66.